The Morgan fingerprint density at radius 2 is 2.05 bits per heavy atom. The van der Waals surface area contributed by atoms with Crippen LogP contribution in [0.2, 0.25) is 0 Å². The summed E-state index contributed by atoms with van der Waals surface area (Å²) in [7, 11) is 1.89. The lowest BCUT2D eigenvalue weighted by Gasteiger charge is -2.29. The van der Waals surface area contributed by atoms with Crippen LogP contribution in [0.4, 0.5) is 0 Å². The molecule has 5 heteroatoms. The molecule has 1 unspecified atom stereocenters. The van der Waals surface area contributed by atoms with Gasteiger partial charge in [0.2, 0.25) is 0 Å². The molecule has 1 aliphatic heterocycles. The third-order valence-corrected chi connectivity index (χ3v) is 3.69. The van der Waals surface area contributed by atoms with Gasteiger partial charge in [0.1, 0.15) is 5.41 Å². The summed E-state index contributed by atoms with van der Waals surface area (Å²) in [6.07, 6.45) is 3.54. The van der Waals surface area contributed by atoms with E-state index in [4.69, 9.17) is 9.47 Å². The van der Waals surface area contributed by atoms with Crippen molar-refractivity contribution in [2.24, 2.45) is 5.41 Å². The number of rotatable bonds is 7. The van der Waals surface area contributed by atoms with Crippen molar-refractivity contribution in [3.05, 3.63) is 0 Å². The number of Topliss-reactive ketones (excluding diaryl/α,β-unsaturated/α-hetero) is 1. The van der Waals surface area contributed by atoms with Crippen LogP contribution in [-0.4, -0.2) is 56.1 Å². The van der Waals surface area contributed by atoms with Gasteiger partial charge in [-0.3, -0.25) is 14.5 Å². The number of carbonyl (C=O) groups is 2. The molecule has 0 amide bonds. The largest absolute Gasteiger partial charge is 0.465 e. The summed E-state index contributed by atoms with van der Waals surface area (Å²) in [6, 6.07) is 0. The number of ether oxygens (including phenoxy) is 2. The van der Waals surface area contributed by atoms with Crippen LogP contribution in [0, 0.1) is 5.41 Å². The summed E-state index contributed by atoms with van der Waals surface area (Å²) in [4.78, 5) is 26.0. The molecule has 1 fully saturated rings. The second kappa shape index (κ2) is 7.74. The molecule has 0 spiro atoms. The molecule has 0 aromatic rings. The van der Waals surface area contributed by atoms with E-state index in [1.165, 1.54) is 6.42 Å². The molecule has 20 heavy (non-hydrogen) atoms. The van der Waals surface area contributed by atoms with Crippen molar-refractivity contribution >= 4 is 11.8 Å². The summed E-state index contributed by atoms with van der Waals surface area (Å²) in [6.45, 7) is 7.06. The molecule has 0 radical (unpaired) electrons. The van der Waals surface area contributed by atoms with Crippen molar-refractivity contribution in [2.45, 2.75) is 46.1 Å². The van der Waals surface area contributed by atoms with Gasteiger partial charge in [0, 0.05) is 13.2 Å². The van der Waals surface area contributed by atoms with Gasteiger partial charge in [-0.05, 0) is 47.1 Å². The minimum Gasteiger partial charge on any atom is -0.465 e. The van der Waals surface area contributed by atoms with Crippen LogP contribution in [-0.2, 0) is 19.1 Å². The number of carbonyl (C=O) groups excluding carboxylic acids is 2. The van der Waals surface area contributed by atoms with E-state index < -0.39 is 11.4 Å². The van der Waals surface area contributed by atoms with Gasteiger partial charge >= 0.3 is 5.97 Å². The van der Waals surface area contributed by atoms with Crippen molar-refractivity contribution in [3.63, 3.8) is 0 Å². The smallest absolute Gasteiger partial charge is 0.319 e. The molecule has 1 saturated heterocycles. The van der Waals surface area contributed by atoms with Crippen molar-refractivity contribution in [2.75, 3.05) is 33.4 Å². The van der Waals surface area contributed by atoms with Crippen molar-refractivity contribution in [1.29, 1.82) is 0 Å². The molecule has 1 aliphatic rings. The van der Waals surface area contributed by atoms with E-state index in [-0.39, 0.29) is 18.4 Å². The summed E-state index contributed by atoms with van der Waals surface area (Å²) in [5.41, 5.74) is -1.09. The lowest BCUT2D eigenvalue weighted by atomic mass is 9.88. The highest BCUT2D eigenvalue weighted by Crippen LogP contribution is 2.20. The molecule has 116 valence electrons. The Labute approximate surface area is 121 Å². The normalized spacial score (nSPS) is 19.9. The Morgan fingerprint density at radius 3 is 2.60 bits per heavy atom. The Kier molecular flexibility index (Phi) is 6.62. The number of likely N-dealkylation sites (N-methyl/N-ethyl adjacent to an activating group) is 1. The number of hydrogen-bond acceptors (Lipinski definition) is 5. The number of nitrogens with zero attached hydrogens (tertiary/aromatic N) is 1. The van der Waals surface area contributed by atoms with Crippen LogP contribution >= 0.6 is 0 Å². The molecule has 1 heterocycles. The summed E-state index contributed by atoms with van der Waals surface area (Å²) in [5, 5.41) is 0. The van der Waals surface area contributed by atoms with Gasteiger partial charge < -0.3 is 9.47 Å². The summed E-state index contributed by atoms with van der Waals surface area (Å²) in [5.74, 6) is -0.568. The molecule has 0 N–H and O–H groups in total. The average molecular weight is 285 g/mol. The predicted molar refractivity (Wildman–Crippen MR) is 76.5 cm³/mol. The van der Waals surface area contributed by atoms with Gasteiger partial charge in [0.15, 0.2) is 5.78 Å². The number of esters is 1. The maximum absolute atomic E-state index is 12.2. The first-order valence-corrected chi connectivity index (χ1v) is 7.38. The summed E-state index contributed by atoms with van der Waals surface area (Å²) < 4.78 is 10.6. The quantitative estimate of drug-likeness (QED) is 0.526. The molecule has 0 aromatic carbocycles. The van der Waals surface area contributed by atoms with Crippen LogP contribution in [0.5, 0.6) is 0 Å². The monoisotopic (exact) mass is 285 g/mol. The van der Waals surface area contributed by atoms with E-state index in [1.807, 2.05) is 11.9 Å². The minimum absolute atomic E-state index is 0.116. The van der Waals surface area contributed by atoms with Gasteiger partial charge in [-0.25, -0.2) is 0 Å². The SMILES string of the molecule is CCOC(=O)C(C)(C)C(=O)CN(C)CC1CCCCO1. The molecular weight excluding hydrogens is 258 g/mol. The standard InChI is InChI=1S/C15H27NO4/c1-5-19-14(18)15(2,3)13(17)11-16(4)10-12-8-6-7-9-20-12/h12H,5-11H2,1-4H3. The van der Waals surface area contributed by atoms with Crippen molar-refractivity contribution in [3.8, 4) is 0 Å². The zero-order chi connectivity index (χ0) is 15.2. The molecule has 1 atom stereocenters. The number of ketones is 1. The highest BCUT2D eigenvalue weighted by Gasteiger charge is 2.37. The fraction of sp³-hybridized carbons (Fsp3) is 0.867. The lowest BCUT2D eigenvalue weighted by molar-refractivity contribution is -0.158. The van der Waals surface area contributed by atoms with Crippen LogP contribution in [0.3, 0.4) is 0 Å². The molecule has 5 nitrogen and oxygen atoms in total. The highest BCUT2D eigenvalue weighted by molar-refractivity contribution is 6.03. The zero-order valence-electron chi connectivity index (χ0n) is 13.1. The van der Waals surface area contributed by atoms with Crippen LogP contribution in [0.25, 0.3) is 0 Å². The van der Waals surface area contributed by atoms with E-state index >= 15 is 0 Å². The maximum atomic E-state index is 12.2. The average Bonchev–Trinajstić information content (AvgIpc) is 2.39. The Bertz CT molecular complexity index is 335. The van der Waals surface area contributed by atoms with E-state index in [1.54, 1.807) is 20.8 Å². The van der Waals surface area contributed by atoms with Gasteiger partial charge in [-0.2, -0.15) is 0 Å². The molecule has 0 aromatic heterocycles. The van der Waals surface area contributed by atoms with E-state index in [0.717, 1.165) is 26.0 Å². The van der Waals surface area contributed by atoms with Gasteiger partial charge in [-0.1, -0.05) is 0 Å². The van der Waals surface area contributed by atoms with Gasteiger partial charge in [0.05, 0.1) is 19.3 Å². The number of hydrogen-bond donors (Lipinski definition) is 0. The van der Waals surface area contributed by atoms with E-state index in [0.29, 0.717) is 6.61 Å². The zero-order valence-corrected chi connectivity index (χ0v) is 13.1. The Hall–Kier alpha value is -0.940. The van der Waals surface area contributed by atoms with Crippen LogP contribution < -0.4 is 0 Å². The Morgan fingerprint density at radius 1 is 1.35 bits per heavy atom. The maximum Gasteiger partial charge on any atom is 0.319 e. The first-order valence-electron chi connectivity index (χ1n) is 7.38. The molecular formula is C15H27NO4. The van der Waals surface area contributed by atoms with E-state index in [9.17, 15) is 9.59 Å². The molecule has 0 aliphatic carbocycles. The Balaban J connectivity index is 2.45. The molecule has 0 bridgehead atoms. The molecule has 0 saturated carbocycles. The third-order valence-electron chi connectivity index (χ3n) is 3.69. The fourth-order valence-electron chi connectivity index (χ4n) is 2.23. The minimum atomic E-state index is -1.09. The van der Waals surface area contributed by atoms with Crippen LogP contribution in [0.15, 0.2) is 0 Å². The van der Waals surface area contributed by atoms with Crippen molar-refractivity contribution < 1.29 is 19.1 Å². The first-order chi connectivity index (χ1) is 9.37. The highest BCUT2D eigenvalue weighted by atomic mass is 16.5. The molecule has 1 rings (SSSR count). The predicted octanol–water partition coefficient (Wildman–Crippen LogP) is 1.65. The lowest BCUT2D eigenvalue weighted by Crippen LogP contribution is -2.43. The first kappa shape index (κ1) is 17.1. The fourth-order valence-corrected chi connectivity index (χ4v) is 2.23. The van der Waals surface area contributed by atoms with Crippen molar-refractivity contribution in [1.82, 2.24) is 4.90 Å². The van der Waals surface area contributed by atoms with Crippen LogP contribution in [0.1, 0.15) is 40.0 Å². The second-order valence-electron chi connectivity index (χ2n) is 5.95. The topological polar surface area (TPSA) is 55.8 Å². The second-order valence-corrected chi connectivity index (χ2v) is 5.95. The summed E-state index contributed by atoms with van der Waals surface area (Å²) >= 11 is 0. The van der Waals surface area contributed by atoms with Gasteiger partial charge in [0.25, 0.3) is 0 Å². The third kappa shape index (κ3) is 4.87. The van der Waals surface area contributed by atoms with E-state index in [2.05, 4.69) is 0 Å². The van der Waals surface area contributed by atoms with Gasteiger partial charge in [-0.15, -0.1) is 0 Å².